The predicted octanol–water partition coefficient (Wildman–Crippen LogP) is 4.63. The molecule has 0 radical (unpaired) electrons. The van der Waals surface area contributed by atoms with E-state index in [-0.39, 0.29) is 17.9 Å². The monoisotopic (exact) mass is 561 g/mol. The van der Waals surface area contributed by atoms with Crippen LogP contribution in [0.25, 0.3) is 33.3 Å². The van der Waals surface area contributed by atoms with Crippen LogP contribution in [0.3, 0.4) is 0 Å². The van der Waals surface area contributed by atoms with Crippen LogP contribution in [-0.4, -0.2) is 92.4 Å². The molecule has 2 N–H and O–H groups in total. The Hall–Kier alpha value is -4.48. The summed E-state index contributed by atoms with van der Waals surface area (Å²) in [5.41, 5.74) is 3.18. The maximum absolute atomic E-state index is 15.6. The van der Waals surface area contributed by atoms with Gasteiger partial charge in [-0.25, -0.2) is 14.2 Å². The first kappa shape index (κ1) is 28.1. The summed E-state index contributed by atoms with van der Waals surface area (Å²) in [6, 6.07) is 12.3. The van der Waals surface area contributed by atoms with E-state index in [9.17, 15) is 9.59 Å². The molecule has 41 heavy (non-hydrogen) atoms. The Labute approximate surface area is 237 Å². The molecule has 10 nitrogen and oxygen atoms in total. The first-order chi connectivity index (χ1) is 19.9. The van der Waals surface area contributed by atoms with Gasteiger partial charge >= 0.3 is 6.09 Å². The van der Waals surface area contributed by atoms with Crippen molar-refractivity contribution in [2.24, 2.45) is 0 Å². The fraction of sp³-hybridized carbons (Fsp3) is 0.300. The highest BCUT2D eigenvalue weighted by atomic mass is 19.1. The second-order valence-electron chi connectivity index (χ2n) is 9.82. The number of hydrogen-bond acceptors (Lipinski definition) is 7. The van der Waals surface area contributed by atoms with Crippen molar-refractivity contribution in [1.29, 1.82) is 0 Å². The first-order valence-electron chi connectivity index (χ1n) is 13.3. The smallest absolute Gasteiger partial charge is 0.411 e. The zero-order valence-electron chi connectivity index (χ0n) is 23.2. The van der Waals surface area contributed by atoms with E-state index in [2.05, 4.69) is 20.2 Å². The predicted molar refractivity (Wildman–Crippen MR) is 154 cm³/mol. The van der Waals surface area contributed by atoms with E-state index in [1.54, 1.807) is 33.5 Å². The lowest BCUT2D eigenvalue weighted by atomic mass is 9.99. The van der Waals surface area contributed by atoms with Crippen molar-refractivity contribution in [2.75, 3.05) is 66.0 Å². The number of amides is 2. The molecule has 2 aromatic heterocycles. The molecule has 11 heteroatoms. The fourth-order valence-electron chi connectivity index (χ4n) is 4.79. The highest BCUT2D eigenvalue weighted by molar-refractivity contribution is 6.04. The number of carbonyl (C=O) groups excluding carboxylic acids is 2. The Morgan fingerprint density at radius 2 is 1.90 bits per heavy atom. The van der Waals surface area contributed by atoms with Crippen LogP contribution in [0.4, 0.5) is 14.9 Å². The summed E-state index contributed by atoms with van der Waals surface area (Å²) in [5.74, 6) is -0.535. The van der Waals surface area contributed by atoms with E-state index >= 15 is 4.39 Å². The van der Waals surface area contributed by atoms with Crippen LogP contribution in [-0.2, 0) is 9.47 Å². The lowest BCUT2D eigenvalue weighted by Gasteiger charge is -2.26. The number of aromatic amines is 1. The van der Waals surface area contributed by atoms with Crippen LogP contribution in [0, 0.1) is 5.82 Å². The maximum atomic E-state index is 15.6. The minimum Gasteiger partial charge on any atom is -0.496 e. The number of carbonyl (C=O) groups is 2. The summed E-state index contributed by atoms with van der Waals surface area (Å²) in [4.78, 5) is 36.8. The number of benzene rings is 2. The van der Waals surface area contributed by atoms with E-state index in [1.165, 1.54) is 11.0 Å². The van der Waals surface area contributed by atoms with Crippen molar-refractivity contribution in [2.45, 2.75) is 0 Å². The number of hydrogen-bond donors (Lipinski definition) is 2. The number of rotatable bonds is 8. The van der Waals surface area contributed by atoms with Gasteiger partial charge in [-0.05, 0) is 29.8 Å². The molecule has 3 heterocycles. The topological polar surface area (TPSA) is 109 Å². The number of halogens is 1. The van der Waals surface area contributed by atoms with Crippen LogP contribution in [0.15, 0.2) is 54.9 Å². The standard InChI is InChI=1S/C30H32FN5O5/c1-35(2)29(37)23-14-19(16-25(31)27(23)34-30(38)41-13-10-36-8-11-40-12-9-36)20-15-22-24(18-33-28(22)32-17-20)21-6-4-5-7-26(21)39-3/h4-7,14-18H,8-13H2,1-3H3,(H,32,33)(H,34,38). The molecule has 0 bridgehead atoms. The molecular weight excluding hydrogens is 529 g/mol. The molecule has 1 aliphatic rings. The fourth-order valence-corrected chi connectivity index (χ4v) is 4.79. The Balaban J connectivity index is 1.44. The first-order valence-corrected chi connectivity index (χ1v) is 13.3. The maximum Gasteiger partial charge on any atom is 0.411 e. The van der Waals surface area contributed by atoms with Crippen LogP contribution >= 0.6 is 0 Å². The van der Waals surface area contributed by atoms with Gasteiger partial charge in [-0.3, -0.25) is 15.0 Å². The van der Waals surface area contributed by atoms with E-state index in [0.29, 0.717) is 42.3 Å². The third-order valence-electron chi connectivity index (χ3n) is 6.96. The summed E-state index contributed by atoms with van der Waals surface area (Å²) >= 11 is 0. The van der Waals surface area contributed by atoms with E-state index in [0.717, 1.165) is 29.6 Å². The number of H-pyrrole nitrogens is 1. The molecule has 1 aliphatic heterocycles. The Kier molecular flexibility index (Phi) is 8.46. The number of morpholine rings is 1. The number of anilines is 1. The molecule has 5 rings (SSSR count). The molecule has 0 unspecified atom stereocenters. The SMILES string of the molecule is COc1ccccc1-c1c[nH]c2ncc(-c3cc(F)c(NC(=O)OCCN4CCOCC4)c(C(=O)N(C)C)c3)cc12. The van der Waals surface area contributed by atoms with Gasteiger partial charge in [0.05, 0.1) is 31.6 Å². The third kappa shape index (κ3) is 6.16. The Morgan fingerprint density at radius 3 is 2.66 bits per heavy atom. The van der Waals surface area contributed by atoms with Crippen LogP contribution in [0.1, 0.15) is 10.4 Å². The summed E-state index contributed by atoms with van der Waals surface area (Å²) < 4.78 is 31.7. The number of nitrogens with one attached hydrogen (secondary N) is 2. The summed E-state index contributed by atoms with van der Waals surface area (Å²) in [5, 5.41) is 3.24. The van der Waals surface area contributed by atoms with Crippen molar-refractivity contribution in [1.82, 2.24) is 19.8 Å². The number of pyridine rings is 1. The quantitative estimate of drug-likeness (QED) is 0.323. The molecule has 2 amide bonds. The van der Waals surface area contributed by atoms with Gasteiger partial charge in [0.25, 0.3) is 5.91 Å². The average molecular weight is 562 g/mol. The molecule has 214 valence electrons. The third-order valence-corrected chi connectivity index (χ3v) is 6.96. The lowest BCUT2D eigenvalue weighted by molar-refractivity contribution is 0.0290. The van der Waals surface area contributed by atoms with E-state index in [1.807, 2.05) is 36.5 Å². The number of methoxy groups -OCH3 is 1. The summed E-state index contributed by atoms with van der Waals surface area (Å²) in [6.07, 6.45) is 2.62. The van der Waals surface area contributed by atoms with E-state index < -0.39 is 17.8 Å². The van der Waals surface area contributed by atoms with Crippen molar-refractivity contribution >= 4 is 28.7 Å². The van der Waals surface area contributed by atoms with Gasteiger partial charge in [0.1, 0.15) is 23.8 Å². The molecule has 0 spiro atoms. The van der Waals surface area contributed by atoms with Crippen molar-refractivity contribution in [3.63, 3.8) is 0 Å². The van der Waals surface area contributed by atoms with Gasteiger partial charge in [-0.1, -0.05) is 18.2 Å². The second-order valence-corrected chi connectivity index (χ2v) is 9.82. The molecule has 2 aromatic carbocycles. The number of ether oxygens (including phenoxy) is 3. The van der Waals surface area contributed by atoms with Gasteiger partial charge in [-0.2, -0.15) is 0 Å². The van der Waals surface area contributed by atoms with Gasteiger partial charge in [0.15, 0.2) is 0 Å². The van der Waals surface area contributed by atoms with Gasteiger partial charge in [0, 0.05) is 68.2 Å². The minimum atomic E-state index is -0.838. The average Bonchev–Trinajstić information content (AvgIpc) is 3.41. The lowest BCUT2D eigenvalue weighted by Crippen LogP contribution is -2.38. The number of fused-ring (bicyclic) bond motifs is 1. The molecule has 0 atom stereocenters. The molecule has 1 saturated heterocycles. The van der Waals surface area contributed by atoms with E-state index in [4.69, 9.17) is 14.2 Å². The summed E-state index contributed by atoms with van der Waals surface area (Å²) in [6.45, 7) is 3.44. The van der Waals surface area contributed by atoms with Crippen molar-refractivity contribution in [3.8, 4) is 28.0 Å². The minimum absolute atomic E-state index is 0.00533. The molecule has 0 saturated carbocycles. The zero-order chi connectivity index (χ0) is 28.9. The Morgan fingerprint density at radius 1 is 1.12 bits per heavy atom. The van der Waals surface area contributed by atoms with Crippen LogP contribution in [0.5, 0.6) is 5.75 Å². The van der Waals surface area contributed by atoms with Crippen molar-refractivity contribution in [3.05, 3.63) is 66.2 Å². The summed E-state index contributed by atoms with van der Waals surface area (Å²) in [7, 11) is 4.73. The normalized spacial score (nSPS) is 13.7. The molecule has 0 aliphatic carbocycles. The highest BCUT2D eigenvalue weighted by Gasteiger charge is 2.22. The largest absolute Gasteiger partial charge is 0.496 e. The van der Waals surface area contributed by atoms with Gasteiger partial charge in [-0.15, -0.1) is 0 Å². The van der Waals surface area contributed by atoms with Gasteiger partial charge in [0.2, 0.25) is 0 Å². The molecular formula is C30H32FN5O5. The van der Waals surface area contributed by atoms with Gasteiger partial charge < -0.3 is 24.1 Å². The van der Waals surface area contributed by atoms with Crippen molar-refractivity contribution < 1.29 is 28.2 Å². The number of para-hydroxylation sites is 1. The Bertz CT molecular complexity index is 1560. The molecule has 1 fully saturated rings. The molecule has 4 aromatic rings. The highest BCUT2D eigenvalue weighted by Crippen LogP contribution is 2.37. The zero-order valence-corrected chi connectivity index (χ0v) is 23.2. The second kappa shape index (κ2) is 12.4. The van der Waals surface area contributed by atoms with Crippen LogP contribution < -0.4 is 10.1 Å². The van der Waals surface area contributed by atoms with Crippen LogP contribution in [0.2, 0.25) is 0 Å². The number of nitrogens with zero attached hydrogens (tertiary/aromatic N) is 3. The number of aromatic nitrogens is 2.